The van der Waals surface area contributed by atoms with Crippen LogP contribution in [0.5, 0.6) is 0 Å². The lowest BCUT2D eigenvalue weighted by atomic mass is 9.94. The monoisotopic (exact) mass is 198 g/mol. The minimum atomic E-state index is 0.389. The first-order chi connectivity index (χ1) is 6.90. The summed E-state index contributed by atoms with van der Waals surface area (Å²) in [5.41, 5.74) is 0. The van der Waals surface area contributed by atoms with Crippen molar-refractivity contribution in [1.82, 2.24) is 10.2 Å². The van der Waals surface area contributed by atoms with Gasteiger partial charge in [0.1, 0.15) is 0 Å². The Hall–Kier alpha value is -0.120. The predicted molar refractivity (Wildman–Crippen MR) is 57.3 cm³/mol. The Kier molecular flexibility index (Phi) is 3.79. The number of hydrogen-bond donors (Lipinski definition) is 2. The third kappa shape index (κ3) is 2.47. The molecule has 2 fully saturated rings. The molecule has 3 heteroatoms. The van der Waals surface area contributed by atoms with Gasteiger partial charge in [-0.15, -0.1) is 0 Å². The Morgan fingerprint density at radius 3 is 2.29 bits per heavy atom. The average molecular weight is 198 g/mol. The van der Waals surface area contributed by atoms with E-state index in [1.807, 2.05) is 0 Å². The molecule has 0 amide bonds. The summed E-state index contributed by atoms with van der Waals surface area (Å²) in [5.74, 6) is 0.577. The molecule has 2 heterocycles. The summed E-state index contributed by atoms with van der Waals surface area (Å²) in [7, 11) is 0. The average Bonchev–Trinajstić information content (AvgIpc) is 2.30. The van der Waals surface area contributed by atoms with Crippen LogP contribution in [0.3, 0.4) is 0 Å². The molecule has 0 aromatic heterocycles. The molecule has 2 rings (SSSR count). The second kappa shape index (κ2) is 5.10. The maximum Gasteiger partial charge on any atom is 0.0460 e. The van der Waals surface area contributed by atoms with E-state index in [1.165, 1.54) is 51.9 Å². The minimum Gasteiger partial charge on any atom is -0.396 e. The van der Waals surface area contributed by atoms with Crippen LogP contribution in [0.2, 0.25) is 0 Å². The molecule has 0 atom stereocenters. The van der Waals surface area contributed by atoms with Crippen molar-refractivity contribution in [3.63, 3.8) is 0 Å². The van der Waals surface area contributed by atoms with E-state index in [4.69, 9.17) is 5.11 Å². The second-order valence-electron chi connectivity index (χ2n) is 4.64. The summed E-state index contributed by atoms with van der Waals surface area (Å²) in [5, 5.41) is 12.5. The molecule has 0 saturated carbocycles. The van der Waals surface area contributed by atoms with E-state index in [1.54, 1.807) is 0 Å². The molecule has 14 heavy (non-hydrogen) atoms. The molecule has 2 saturated heterocycles. The molecule has 0 radical (unpaired) electrons. The molecule has 2 aliphatic rings. The van der Waals surface area contributed by atoms with Gasteiger partial charge in [-0.2, -0.15) is 0 Å². The van der Waals surface area contributed by atoms with Gasteiger partial charge in [-0.25, -0.2) is 0 Å². The fourth-order valence-electron chi connectivity index (χ4n) is 2.67. The van der Waals surface area contributed by atoms with Gasteiger partial charge in [0.2, 0.25) is 0 Å². The zero-order valence-corrected chi connectivity index (χ0v) is 8.91. The van der Waals surface area contributed by atoms with Gasteiger partial charge in [-0.1, -0.05) is 0 Å². The fraction of sp³-hybridized carbons (Fsp3) is 1.00. The predicted octanol–water partition coefficient (Wildman–Crippen LogP) is 0.443. The lowest BCUT2D eigenvalue weighted by Gasteiger charge is -2.39. The third-order valence-electron chi connectivity index (χ3n) is 3.73. The summed E-state index contributed by atoms with van der Waals surface area (Å²) in [6.07, 6.45) is 5.01. The molecular weight excluding hydrogens is 176 g/mol. The van der Waals surface area contributed by atoms with Gasteiger partial charge in [0.25, 0.3) is 0 Å². The Bertz CT molecular complexity index is 161. The summed E-state index contributed by atoms with van der Waals surface area (Å²) < 4.78 is 0. The molecule has 0 aromatic carbocycles. The van der Waals surface area contributed by atoms with Crippen molar-refractivity contribution in [2.24, 2.45) is 5.92 Å². The van der Waals surface area contributed by atoms with Crippen molar-refractivity contribution in [2.75, 3.05) is 32.8 Å². The molecule has 3 nitrogen and oxygen atoms in total. The van der Waals surface area contributed by atoms with Gasteiger partial charge in [0, 0.05) is 12.6 Å². The van der Waals surface area contributed by atoms with Crippen LogP contribution in [0.1, 0.15) is 25.7 Å². The molecule has 0 bridgehead atoms. The number of rotatable bonds is 2. The van der Waals surface area contributed by atoms with Crippen molar-refractivity contribution in [3.05, 3.63) is 0 Å². The van der Waals surface area contributed by atoms with Crippen molar-refractivity contribution < 1.29 is 5.11 Å². The van der Waals surface area contributed by atoms with Crippen molar-refractivity contribution >= 4 is 0 Å². The Morgan fingerprint density at radius 2 is 1.71 bits per heavy atom. The maximum absolute atomic E-state index is 9.06. The topological polar surface area (TPSA) is 35.5 Å². The molecular formula is C11H22N2O. The Morgan fingerprint density at radius 1 is 1.07 bits per heavy atom. The molecule has 2 aliphatic heterocycles. The van der Waals surface area contributed by atoms with Crippen molar-refractivity contribution in [1.29, 1.82) is 0 Å². The van der Waals surface area contributed by atoms with Gasteiger partial charge < -0.3 is 15.3 Å². The van der Waals surface area contributed by atoms with E-state index < -0.39 is 0 Å². The maximum atomic E-state index is 9.06. The first kappa shape index (κ1) is 10.4. The third-order valence-corrected chi connectivity index (χ3v) is 3.73. The highest BCUT2D eigenvalue weighted by molar-refractivity contribution is 4.81. The number of likely N-dealkylation sites (tertiary alicyclic amines) is 1. The smallest absolute Gasteiger partial charge is 0.0460 e. The molecule has 0 unspecified atom stereocenters. The highest BCUT2D eigenvalue weighted by Gasteiger charge is 2.25. The number of aliphatic hydroxyl groups excluding tert-OH is 1. The van der Waals surface area contributed by atoms with E-state index in [0.717, 1.165) is 6.04 Å². The van der Waals surface area contributed by atoms with Crippen LogP contribution in [0.15, 0.2) is 0 Å². The summed E-state index contributed by atoms with van der Waals surface area (Å²) in [4.78, 5) is 2.63. The SMILES string of the molecule is OCC1CCN(C2CCNCC2)CC1. The largest absolute Gasteiger partial charge is 0.396 e. The Balaban J connectivity index is 1.76. The van der Waals surface area contributed by atoms with Gasteiger partial charge in [0.15, 0.2) is 0 Å². The van der Waals surface area contributed by atoms with Crippen LogP contribution in [-0.4, -0.2) is 48.8 Å². The van der Waals surface area contributed by atoms with Gasteiger partial charge in [-0.05, 0) is 57.8 Å². The second-order valence-corrected chi connectivity index (χ2v) is 4.64. The number of hydrogen-bond acceptors (Lipinski definition) is 3. The molecule has 2 N–H and O–H groups in total. The zero-order valence-electron chi connectivity index (χ0n) is 8.91. The molecule has 0 aromatic rings. The molecule has 0 aliphatic carbocycles. The highest BCUT2D eigenvalue weighted by Crippen LogP contribution is 2.21. The fourth-order valence-corrected chi connectivity index (χ4v) is 2.67. The summed E-state index contributed by atoms with van der Waals surface area (Å²) >= 11 is 0. The summed E-state index contributed by atoms with van der Waals surface area (Å²) in [6, 6.07) is 0.816. The standard InChI is InChI=1S/C11H22N2O/c14-9-10-3-7-13(8-4-10)11-1-5-12-6-2-11/h10-12,14H,1-9H2. The van der Waals surface area contributed by atoms with E-state index in [0.29, 0.717) is 12.5 Å². The van der Waals surface area contributed by atoms with Crippen LogP contribution in [0.25, 0.3) is 0 Å². The number of nitrogens with one attached hydrogen (secondary N) is 1. The quantitative estimate of drug-likeness (QED) is 0.676. The lowest BCUT2D eigenvalue weighted by Crippen LogP contribution is -2.46. The minimum absolute atomic E-state index is 0.389. The van der Waals surface area contributed by atoms with Crippen LogP contribution in [-0.2, 0) is 0 Å². The molecule has 0 spiro atoms. The van der Waals surface area contributed by atoms with Crippen LogP contribution in [0, 0.1) is 5.92 Å². The van der Waals surface area contributed by atoms with E-state index >= 15 is 0 Å². The van der Waals surface area contributed by atoms with E-state index in [9.17, 15) is 0 Å². The first-order valence-electron chi connectivity index (χ1n) is 5.96. The van der Waals surface area contributed by atoms with E-state index in [-0.39, 0.29) is 0 Å². The number of nitrogens with zero attached hydrogens (tertiary/aromatic N) is 1. The Labute approximate surface area is 86.5 Å². The zero-order chi connectivity index (χ0) is 9.80. The summed E-state index contributed by atoms with van der Waals surface area (Å²) in [6.45, 7) is 5.17. The van der Waals surface area contributed by atoms with Gasteiger partial charge >= 0.3 is 0 Å². The van der Waals surface area contributed by atoms with Crippen molar-refractivity contribution in [3.8, 4) is 0 Å². The normalized spacial score (nSPS) is 28.1. The van der Waals surface area contributed by atoms with Crippen LogP contribution in [0.4, 0.5) is 0 Å². The van der Waals surface area contributed by atoms with Crippen LogP contribution >= 0.6 is 0 Å². The molecule has 82 valence electrons. The lowest BCUT2D eigenvalue weighted by molar-refractivity contribution is 0.0868. The van der Waals surface area contributed by atoms with Crippen molar-refractivity contribution in [2.45, 2.75) is 31.7 Å². The number of piperidine rings is 2. The first-order valence-corrected chi connectivity index (χ1v) is 5.96. The number of aliphatic hydroxyl groups is 1. The van der Waals surface area contributed by atoms with Gasteiger partial charge in [-0.3, -0.25) is 0 Å². The van der Waals surface area contributed by atoms with Gasteiger partial charge in [0.05, 0.1) is 0 Å². The van der Waals surface area contributed by atoms with Crippen LogP contribution < -0.4 is 5.32 Å². The highest BCUT2D eigenvalue weighted by atomic mass is 16.3. The van der Waals surface area contributed by atoms with E-state index in [2.05, 4.69) is 10.2 Å².